The van der Waals surface area contributed by atoms with Gasteiger partial charge in [0, 0.05) is 17.1 Å². The first-order valence-corrected chi connectivity index (χ1v) is 5.52. The Balaban J connectivity index is 2.46. The fourth-order valence-corrected chi connectivity index (χ4v) is 2.42. The summed E-state index contributed by atoms with van der Waals surface area (Å²) in [5.74, 6) is 0. The number of ether oxygens (including phenoxy) is 1. The van der Waals surface area contributed by atoms with Crippen molar-refractivity contribution in [2.24, 2.45) is 0 Å². The number of benzene rings is 1. The number of carbonyl (C=O) groups excluding carboxylic acids is 1. The maximum absolute atomic E-state index is 11.8. The number of nitrogens with zero attached hydrogens (tertiary/aromatic N) is 1. The summed E-state index contributed by atoms with van der Waals surface area (Å²) in [6.45, 7) is 3.71. The maximum Gasteiger partial charge on any atom is 0.419 e. The van der Waals surface area contributed by atoms with Gasteiger partial charge < -0.3 is 9.84 Å². The van der Waals surface area contributed by atoms with E-state index in [1.165, 1.54) is 4.57 Å². The first kappa shape index (κ1) is 10.4. The normalized spacial score (nSPS) is 17.2. The van der Waals surface area contributed by atoms with Gasteiger partial charge in [-0.15, -0.1) is 0 Å². The summed E-state index contributed by atoms with van der Waals surface area (Å²) < 4.78 is 6.88. The lowest BCUT2D eigenvalue weighted by molar-refractivity contribution is 0.0331. The van der Waals surface area contributed by atoms with Crippen molar-refractivity contribution in [3.05, 3.63) is 35.5 Å². The molecule has 0 saturated heterocycles. The lowest BCUT2D eigenvalue weighted by atomic mass is 9.93. The highest BCUT2D eigenvalue weighted by molar-refractivity contribution is 5.96. The van der Waals surface area contributed by atoms with E-state index in [0.29, 0.717) is 0 Å². The number of aromatic nitrogens is 1. The van der Waals surface area contributed by atoms with E-state index >= 15 is 0 Å². The van der Waals surface area contributed by atoms with Gasteiger partial charge in [0.15, 0.2) is 0 Å². The van der Waals surface area contributed by atoms with Crippen LogP contribution in [0.2, 0.25) is 0 Å². The zero-order chi connectivity index (χ0) is 12.2. The molecule has 4 heteroatoms. The Bertz CT molecular complexity index is 625. The number of hydrogen-bond acceptors (Lipinski definition) is 3. The summed E-state index contributed by atoms with van der Waals surface area (Å²) in [6.07, 6.45) is 1.32. The second-order valence-corrected chi connectivity index (χ2v) is 4.76. The molecule has 1 aromatic carbocycles. The number of aliphatic hydroxyl groups is 1. The molecule has 3 rings (SSSR count). The quantitative estimate of drug-likeness (QED) is 0.819. The Hall–Kier alpha value is -1.81. The number of carbonyl (C=O) groups is 1. The van der Waals surface area contributed by atoms with Crippen LogP contribution in [0, 0.1) is 0 Å². The van der Waals surface area contributed by atoms with Crippen LogP contribution in [-0.4, -0.2) is 15.8 Å². The van der Waals surface area contributed by atoms with Gasteiger partial charge in [-0.05, 0) is 25.5 Å². The van der Waals surface area contributed by atoms with Gasteiger partial charge in [0.25, 0.3) is 0 Å². The molecule has 17 heavy (non-hydrogen) atoms. The van der Waals surface area contributed by atoms with E-state index in [4.69, 9.17) is 4.74 Å². The SMILES string of the molecule is CC1(C)OC(=O)n2ccc3c(CO)ccc1c32. The van der Waals surface area contributed by atoms with Crippen LogP contribution in [0.3, 0.4) is 0 Å². The molecular formula is C13H13NO3. The fourth-order valence-electron chi connectivity index (χ4n) is 2.42. The van der Waals surface area contributed by atoms with Crippen molar-refractivity contribution in [1.29, 1.82) is 0 Å². The predicted octanol–water partition coefficient (Wildman–Crippen LogP) is 2.37. The average molecular weight is 231 g/mol. The third kappa shape index (κ3) is 1.24. The number of rotatable bonds is 1. The summed E-state index contributed by atoms with van der Waals surface area (Å²) in [4.78, 5) is 11.8. The van der Waals surface area contributed by atoms with Crippen LogP contribution in [0.1, 0.15) is 25.0 Å². The fraction of sp³-hybridized carbons (Fsp3) is 0.308. The third-order valence-electron chi connectivity index (χ3n) is 3.30. The highest BCUT2D eigenvalue weighted by Gasteiger charge is 2.34. The van der Waals surface area contributed by atoms with E-state index in [-0.39, 0.29) is 12.7 Å². The summed E-state index contributed by atoms with van der Waals surface area (Å²) in [6, 6.07) is 5.63. The molecule has 0 radical (unpaired) electrons. The van der Waals surface area contributed by atoms with E-state index in [0.717, 1.165) is 22.0 Å². The Morgan fingerprint density at radius 1 is 1.35 bits per heavy atom. The smallest absolute Gasteiger partial charge is 0.419 e. The van der Waals surface area contributed by atoms with Crippen molar-refractivity contribution < 1.29 is 14.6 Å². The molecule has 88 valence electrons. The summed E-state index contributed by atoms with van der Waals surface area (Å²) in [5.41, 5.74) is 2.01. The van der Waals surface area contributed by atoms with E-state index in [2.05, 4.69) is 0 Å². The van der Waals surface area contributed by atoms with Crippen LogP contribution in [0.15, 0.2) is 24.4 Å². The molecule has 2 heterocycles. The molecule has 0 bridgehead atoms. The standard InChI is InChI=1S/C13H13NO3/c1-13(2)10-4-3-8(7-15)9-5-6-14(11(9)10)12(16)17-13/h3-6,15H,7H2,1-2H3. The van der Waals surface area contributed by atoms with E-state index in [1.54, 1.807) is 6.20 Å². The van der Waals surface area contributed by atoms with Crippen LogP contribution in [0.25, 0.3) is 10.9 Å². The first-order chi connectivity index (χ1) is 8.04. The largest absolute Gasteiger partial charge is 0.438 e. The summed E-state index contributed by atoms with van der Waals surface area (Å²) >= 11 is 0. The van der Waals surface area contributed by atoms with Crippen molar-refractivity contribution >= 4 is 17.0 Å². The van der Waals surface area contributed by atoms with Crippen LogP contribution in [-0.2, 0) is 16.9 Å². The molecule has 0 spiro atoms. The monoisotopic (exact) mass is 231 g/mol. The Kier molecular flexibility index (Phi) is 1.89. The Labute approximate surface area is 98.4 Å². The van der Waals surface area contributed by atoms with Crippen molar-refractivity contribution in [3.8, 4) is 0 Å². The maximum atomic E-state index is 11.8. The van der Waals surface area contributed by atoms with Crippen LogP contribution in [0.5, 0.6) is 0 Å². The zero-order valence-corrected chi connectivity index (χ0v) is 9.73. The van der Waals surface area contributed by atoms with Gasteiger partial charge in [-0.25, -0.2) is 4.79 Å². The second kappa shape index (κ2) is 3.11. The number of aliphatic hydroxyl groups excluding tert-OH is 1. The van der Waals surface area contributed by atoms with Gasteiger partial charge >= 0.3 is 6.09 Å². The molecule has 1 aliphatic heterocycles. The lowest BCUT2D eigenvalue weighted by Crippen LogP contribution is -2.33. The van der Waals surface area contributed by atoms with E-state index in [1.807, 2.05) is 32.0 Å². The molecule has 1 N–H and O–H groups in total. The van der Waals surface area contributed by atoms with Crippen molar-refractivity contribution in [2.75, 3.05) is 0 Å². The average Bonchev–Trinajstić information content (AvgIpc) is 2.70. The van der Waals surface area contributed by atoms with Gasteiger partial charge in [0.1, 0.15) is 5.60 Å². The number of hydrogen-bond donors (Lipinski definition) is 1. The highest BCUT2D eigenvalue weighted by atomic mass is 16.6. The number of cyclic esters (lactones) is 1. The van der Waals surface area contributed by atoms with Crippen molar-refractivity contribution in [3.63, 3.8) is 0 Å². The van der Waals surface area contributed by atoms with Gasteiger partial charge in [-0.1, -0.05) is 12.1 Å². The molecule has 2 aromatic rings. The minimum absolute atomic E-state index is 0.0315. The minimum atomic E-state index is -0.627. The van der Waals surface area contributed by atoms with Crippen LogP contribution in [0.4, 0.5) is 4.79 Å². The molecule has 1 aromatic heterocycles. The molecule has 0 fully saturated rings. The highest BCUT2D eigenvalue weighted by Crippen LogP contribution is 2.37. The molecule has 0 aliphatic carbocycles. The molecule has 0 atom stereocenters. The van der Waals surface area contributed by atoms with Crippen LogP contribution < -0.4 is 0 Å². The van der Waals surface area contributed by atoms with Crippen molar-refractivity contribution in [2.45, 2.75) is 26.1 Å². The molecular weight excluding hydrogens is 218 g/mol. The molecule has 4 nitrogen and oxygen atoms in total. The van der Waals surface area contributed by atoms with Gasteiger partial charge in [-0.2, -0.15) is 0 Å². The third-order valence-corrected chi connectivity index (χ3v) is 3.30. The molecule has 0 unspecified atom stereocenters. The summed E-state index contributed by atoms with van der Waals surface area (Å²) in [5, 5.41) is 10.2. The predicted molar refractivity (Wildman–Crippen MR) is 62.8 cm³/mol. The van der Waals surface area contributed by atoms with Gasteiger partial charge in [0.2, 0.25) is 0 Å². The van der Waals surface area contributed by atoms with E-state index in [9.17, 15) is 9.90 Å². The van der Waals surface area contributed by atoms with Crippen molar-refractivity contribution in [1.82, 2.24) is 4.57 Å². The topological polar surface area (TPSA) is 51.5 Å². The van der Waals surface area contributed by atoms with Gasteiger partial charge in [0.05, 0.1) is 12.1 Å². The van der Waals surface area contributed by atoms with Crippen LogP contribution >= 0.6 is 0 Å². The Morgan fingerprint density at radius 3 is 2.82 bits per heavy atom. The summed E-state index contributed by atoms with van der Waals surface area (Å²) in [7, 11) is 0. The zero-order valence-electron chi connectivity index (χ0n) is 9.73. The second-order valence-electron chi connectivity index (χ2n) is 4.76. The lowest BCUT2D eigenvalue weighted by Gasteiger charge is -2.31. The molecule has 0 amide bonds. The first-order valence-electron chi connectivity index (χ1n) is 5.52. The van der Waals surface area contributed by atoms with Gasteiger partial charge in [-0.3, -0.25) is 4.57 Å². The molecule has 0 saturated carbocycles. The van der Waals surface area contributed by atoms with E-state index < -0.39 is 5.60 Å². The Morgan fingerprint density at radius 2 is 2.12 bits per heavy atom. The molecule has 1 aliphatic rings. The minimum Gasteiger partial charge on any atom is -0.438 e.